The molecule has 0 radical (unpaired) electrons. The van der Waals surface area contributed by atoms with Crippen molar-refractivity contribution in [2.24, 2.45) is 5.73 Å². The third-order valence-corrected chi connectivity index (χ3v) is 3.34. The first-order valence-corrected chi connectivity index (χ1v) is 6.14. The molecule has 1 saturated heterocycles. The average molecular weight is 223 g/mol. The van der Waals surface area contributed by atoms with E-state index in [9.17, 15) is 0 Å². The van der Waals surface area contributed by atoms with Crippen LogP contribution in [0.4, 0.5) is 0 Å². The van der Waals surface area contributed by atoms with Crippen LogP contribution in [-0.2, 0) is 17.8 Å². The summed E-state index contributed by atoms with van der Waals surface area (Å²) in [7, 11) is 0. The van der Waals surface area contributed by atoms with Crippen LogP contribution in [0, 0.1) is 6.92 Å². The van der Waals surface area contributed by atoms with E-state index in [0.717, 1.165) is 31.6 Å². The lowest BCUT2D eigenvalue weighted by molar-refractivity contribution is 0.101. The standard InChI is InChI=1S/C12H21N3O/c1-10-11(8-13)9-14-15(10)6-2-4-12-5-3-7-16-12/h9,12H,2-8,13H2,1H3. The average Bonchev–Trinajstić information content (AvgIpc) is 2.90. The van der Waals surface area contributed by atoms with Crippen molar-refractivity contribution < 1.29 is 4.74 Å². The summed E-state index contributed by atoms with van der Waals surface area (Å²) in [6, 6.07) is 0. The van der Waals surface area contributed by atoms with Crippen molar-refractivity contribution in [3.63, 3.8) is 0 Å². The van der Waals surface area contributed by atoms with Gasteiger partial charge in [-0.25, -0.2) is 0 Å². The molecule has 1 aliphatic heterocycles. The molecule has 1 aliphatic rings. The highest BCUT2D eigenvalue weighted by molar-refractivity contribution is 5.15. The zero-order chi connectivity index (χ0) is 11.4. The number of aryl methyl sites for hydroxylation is 1. The minimum absolute atomic E-state index is 0.491. The first kappa shape index (κ1) is 11.6. The van der Waals surface area contributed by atoms with Gasteiger partial charge in [-0.2, -0.15) is 5.10 Å². The summed E-state index contributed by atoms with van der Waals surface area (Å²) in [5.74, 6) is 0. The largest absolute Gasteiger partial charge is 0.378 e. The maximum Gasteiger partial charge on any atom is 0.0576 e. The second-order valence-corrected chi connectivity index (χ2v) is 4.46. The zero-order valence-electron chi connectivity index (χ0n) is 9.98. The van der Waals surface area contributed by atoms with Crippen LogP contribution >= 0.6 is 0 Å². The topological polar surface area (TPSA) is 53.1 Å². The highest BCUT2D eigenvalue weighted by atomic mass is 16.5. The van der Waals surface area contributed by atoms with Crippen molar-refractivity contribution in [1.82, 2.24) is 9.78 Å². The van der Waals surface area contributed by atoms with Crippen LogP contribution in [0.1, 0.15) is 36.9 Å². The number of nitrogens with zero attached hydrogens (tertiary/aromatic N) is 2. The van der Waals surface area contributed by atoms with Gasteiger partial charge >= 0.3 is 0 Å². The lowest BCUT2D eigenvalue weighted by atomic mass is 10.1. The molecule has 0 aromatic carbocycles. The van der Waals surface area contributed by atoms with Gasteiger partial charge in [0.25, 0.3) is 0 Å². The molecule has 0 bridgehead atoms. The second-order valence-electron chi connectivity index (χ2n) is 4.46. The van der Waals surface area contributed by atoms with Crippen LogP contribution in [0.2, 0.25) is 0 Å². The van der Waals surface area contributed by atoms with Crippen molar-refractivity contribution in [3.8, 4) is 0 Å². The van der Waals surface area contributed by atoms with Gasteiger partial charge in [-0.05, 0) is 32.6 Å². The molecule has 1 atom stereocenters. The van der Waals surface area contributed by atoms with Crippen molar-refractivity contribution in [2.75, 3.05) is 6.61 Å². The van der Waals surface area contributed by atoms with Gasteiger partial charge in [0.2, 0.25) is 0 Å². The Morgan fingerprint density at radius 3 is 3.12 bits per heavy atom. The van der Waals surface area contributed by atoms with E-state index in [1.807, 2.05) is 6.20 Å². The fraction of sp³-hybridized carbons (Fsp3) is 0.750. The Bertz CT molecular complexity index is 329. The molecule has 1 unspecified atom stereocenters. The molecule has 1 fully saturated rings. The maximum atomic E-state index is 5.62. The number of aromatic nitrogens is 2. The smallest absolute Gasteiger partial charge is 0.0576 e. The number of rotatable bonds is 5. The van der Waals surface area contributed by atoms with Gasteiger partial charge in [-0.1, -0.05) is 0 Å². The maximum absolute atomic E-state index is 5.62. The molecule has 0 aliphatic carbocycles. The second kappa shape index (κ2) is 5.46. The minimum Gasteiger partial charge on any atom is -0.378 e. The summed E-state index contributed by atoms with van der Waals surface area (Å²) in [6.07, 6.45) is 7.11. The van der Waals surface area contributed by atoms with E-state index in [2.05, 4.69) is 16.7 Å². The van der Waals surface area contributed by atoms with E-state index in [4.69, 9.17) is 10.5 Å². The third kappa shape index (κ3) is 2.62. The molecule has 2 N–H and O–H groups in total. The monoisotopic (exact) mass is 223 g/mol. The van der Waals surface area contributed by atoms with Crippen molar-refractivity contribution in [3.05, 3.63) is 17.5 Å². The van der Waals surface area contributed by atoms with Crippen LogP contribution in [0.5, 0.6) is 0 Å². The molecule has 1 aromatic rings. The Morgan fingerprint density at radius 1 is 1.62 bits per heavy atom. The van der Waals surface area contributed by atoms with E-state index in [0.29, 0.717) is 12.6 Å². The van der Waals surface area contributed by atoms with Gasteiger partial charge in [0, 0.05) is 31.0 Å². The quantitative estimate of drug-likeness (QED) is 0.825. The van der Waals surface area contributed by atoms with Crippen LogP contribution in [0.3, 0.4) is 0 Å². The number of ether oxygens (including phenoxy) is 1. The zero-order valence-corrected chi connectivity index (χ0v) is 9.98. The van der Waals surface area contributed by atoms with Crippen LogP contribution in [0.25, 0.3) is 0 Å². The van der Waals surface area contributed by atoms with Gasteiger partial charge in [0.15, 0.2) is 0 Å². The van der Waals surface area contributed by atoms with Gasteiger partial charge < -0.3 is 10.5 Å². The Kier molecular flexibility index (Phi) is 3.96. The summed E-state index contributed by atoms with van der Waals surface area (Å²) in [5.41, 5.74) is 7.97. The summed E-state index contributed by atoms with van der Waals surface area (Å²) in [6.45, 7) is 4.59. The minimum atomic E-state index is 0.491. The predicted octanol–water partition coefficient (Wildman–Crippen LogP) is 1.61. The fourth-order valence-corrected chi connectivity index (χ4v) is 2.25. The molecule has 1 aromatic heterocycles. The van der Waals surface area contributed by atoms with Crippen molar-refractivity contribution in [2.45, 2.75) is 51.8 Å². The number of nitrogens with two attached hydrogens (primary N) is 1. The first-order valence-electron chi connectivity index (χ1n) is 6.14. The summed E-state index contributed by atoms with van der Waals surface area (Å²) >= 11 is 0. The number of hydrogen-bond acceptors (Lipinski definition) is 3. The third-order valence-electron chi connectivity index (χ3n) is 3.34. The fourth-order valence-electron chi connectivity index (χ4n) is 2.25. The van der Waals surface area contributed by atoms with Crippen LogP contribution in [-0.4, -0.2) is 22.5 Å². The molecular weight excluding hydrogens is 202 g/mol. The summed E-state index contributed by atoms with van der Waals surface area (Å²) in [4.78, 5) is 0. The van der Waals surface area contributed by atoms with E-state index in [1.54, 1.807) is 0 Å². The Balaban J connectivity index is 1.78. The van der Waals surface area contributed by atoms with E-state index >= 15 is 0 Å². The Labute approximate surface area is 96.8 Å². The molecule has 4 heteroatoms. The molecule has 2 rings (SSSR count). The predicted molar refractivity (Wildman–Crippen MR) is 63.1 cm³/mol. The van der Waals surface area contributed by atoms with E-state index in [1.165, 1.54) is 18.5 Å². The Morgan fingerprint density at radius 2 is 2.50 bits per heavy atom. The van der Waals surface area contributed by atoms with Crippen LogP contribution < -0.4 is 5.73 Å². The van der Waals surface area contributed by atoms with Crippen molar-refractivity contribution >= 4 is 0 Å². The molecule has 4 nitrogen and oxygen atoms in total. The first-order chi connectivity index (χ1) is 7.81. The van der Waals surface area contributed by atoms with Gasteiger partial charge in [0.05, 0.1) is 12.3 Å². The summed E-state index contributed by atoms with van der Waals surface area (Å²) < 4.78 is 7.65. The lowest BCUT2D eigenvalue weighted by Gasteiger charge is -2.09. The molecule has 2 heterocycles. The molecular formula is C12H21N3O. The molecule has 0 spiro atoms. The van der Waals surface area contributed by atoms with Gasteiger partial charge in [-0.15, -0.1) is 0 Å². The highest BCUT2D eigenvalue weighted by Crippen LogP contribution is 2.17. The summed E-state index contributed by atoms with van der Waals surface area (Å²) in [5, 5.41) is 4.35. The van der Waals surface area contributed by atoms with Gasteiger partial charge in [0.1, 0.15) is 0 Å². The molecule has 0 saturated carbocycles. The number of hydrogen-bond donors (Lipinski definition) is 1. The van der Waals surface area contributed by atoms with Gasteiger partial charge in [-0.3, -0.25) is 4.68 Å². The lowest BCUT2D eigenvalue weighted by Crippen LogP contribution is -2.09. The SMILES string of the molecule is Cc1c(CN)cnn1CCCC1CCCO1. The molecule has 16 heavy (non-hydrogen) atoms. The normalized spacial score (nSPS) is 20.5. The van der Waals surface area contributed by atoms with E-state index in [-0.39, 0.29) is 0 Å². The van der Waals surface area contributed by atoms with Crippen molar-refractivity contribution in [1.29, 1.82) is 0 Å². The molecule has 90 valence electrons. The highest BCUT2D eigenvalue weighted by Gasteiger charge is 2.15. The molecule has 0 amide bonds. The van der Waals surface area contributed by atoms with Crippen LogP contribution in [0.15, 0.2) is 6.20 Å². The van der Waals surface area contributed by atoms with E-state index < -0.39 is 0 Å². The Hall–Kier alpha value is -0.870.